The Morgan fingerprint density at radius 1 is 1.48 bits per heavy atom. The van der Waals surface area contributed by atoms with E-state index in [0.717, 1.165) is 19.4 Å². The number of ether oxygens (including phenoxy) is 1. The fraction of sp³-hybridized carbons (Fsp3) is 0.800. The SMILES string of the molecule is CCOC(=O)[C@@H]1CCCN(CCC(=O)N(C)CCC#N)C1. The van der Waals surface area contributed by atoms with E-state index in [0.29, 0.717) is 39.1 Å². The average molecular weight is 295 g/mol. The van der Waals surface area contributed by atoms with Gasteiger partial charge in [-0.15, -0.1) is 0 Å². The first-order valence-corrected chi connectivity index (χ1v) is 7.58. The van der Waals surface area contributed by atoms with Crippen molar-refractivity contribution in [3.05, 3.63) is 0 Å². The van der Waals surface area contributed by atoms with Crippen LogP contribution in [0.3, 0.4) is 0 Å². The summed E-state index contributed by atoms with van der Waals surface area (Å²) in [4.78, 5) is 27.4. The molecule has 21 heavy (non-hydrogen) atoms. The summed E-state index contributed by atoms with van der Waals surface area (Å²) in [6.45, 7) is 4.96. The number of nitriles is 1. The molecule has 0 N–H and O–H groups in total. The van der Waals surface area contributed by atoms with Gasteiger partial charge < -0.3 is 14.5 Å². The van der Waals surface area contributed by atoms with Crippen LogP contribution in [0.1, 0.15) is 32.6 Å². The molecule has 0 aromatic rings. The van der Waals surface area contributed by atoms with E-state index in [2.05, 4.69) is 4.90 Å². The normalized spacial score (nSPS) is 18.8. The minimum atomic E-state index is -0.125. The molecule has 0 aromatic heterocycles. The van der Waals surface area contributed by atoms with Crippen LogP contribution >= 0.6 is 0 Å². The van der Waals surface area contributed by atoms with E-state index in [1.54, 1.807) is 11.9 Å². The van der Waals surface area contributed by atoms with Crippen molar-refractivity contribution in [1.29, 1.82) is 5.26 Å². The van der Waals surface area contributed by atoms with Crippen molar-refractivity contribution < 1.29 is 14.3 Å². The smallest absolute Gasteiger partial charge is 0.310 e. The molecule has 1 heterocycles. The summed E-state index contributed by atoms with van der Waals surface area (Å²) in [7, 11) is 1.72. The van der Waals surface area contributed by atoms with Crippen LogP contribution < -0.4 is 0 Å². The zero-order valence-electron chi connectivity index (χ0n) is 13.0. The van der Waals surface area contributed by atoms with Crippen molar-refractivity contribution in [3.8, 4) is 6.07 Å². The van der Waals surface area contributed by atoms with Crippen LogP contribution in [0.25, 0.3) is 0 Å². The van der Waals surface area contributed by atoms with Crippen molar-refractivity contribution in [2.75, 3.05) is 39.8 Å². The van der Waals surface area contributed by atoms with E-state index >= 15 is 0 Å². The maximum absolute atomic E-state index is 11.9. The van der Waals surface area contributed by atoms with E-state index in [9.17, 15) is 9.59 Å². The molecule has 1 atom stereocenters. The maximum atomic E-state index is 11.9. The van der Waals surface area contributed by atoms with Gasteiger partial charge in [0.2, 0.25) is 5.91 Å². The third-order valence-corrected chi connectivity index (χ3v) is 3.75. The van der Waals surface area contributed by atoms with Gasteiger partial charge in [-0.25, -0.2) is 0 Å². The van der Waals surface area contributed by atoms with Gasteiger partial charge in [-0.3, -0.25) is 9.59 Å². The van der Waals surface area contributed by atoms with Crippen molar-refractivity contribution in [2.24, 2.45) is 5.92 Å². The lowest BCUT2D eigenvalue weighted by Crippen LogP contribution is -2.41. The van der Waals surface area contributed by atoms with E-state index in [1.165, 1.54) is 0 Å². The number of rotatable bonds is 7. The van der Waals surface area contributed by atoms with Gasteiger partial charge in [0.1, 0.15) is 0 Å². The van der Waals surface area contributed by atoms with Crippen LogP contribution in [0.15, 0.2) is 0 Å². The van der Waals surface area contributed by atoms with Gasteiger partial charge in [-0.2, -0.15) is 5.26 Å². The molecule has 0 saturated carbocycles. The molecule has 1 aliphatic rings. The Hall–Kier alpha value is -1.61. The van der Waals surface area contributed by atoms with E-state index in [4.69, 9.17) is 10.00 Å². The Balaban J connectivity index is 2.33. The summed E-state index contributed by atoms with van der Waals surface area (Å²) in [6, 6.07) is 2.03. The zero-order valence-corrected chi connectivity index (χ0v) is 13.0. The lowest BCUT2D eigenvalue weighted by molar-refractivity contribution is -0.149. The lowest BCUT2D eigenvalue weighted by atomic mass is 9.98. The predicted octanol–water partition coefficient (Wildman–Crippen LogP) is 1.02. The second-order valence-electron chi connectivity index (χ2n) is 5.37. The van der Waals surface area contributed by atoms with E-state index in [1.807, 2.05) is 13.0 Å². The highest BCUT2D eigenvalue weighted by atomic mass is 16.5. The van der Waals surface area contributed by atoms with Gasteiger partial charge in [-0.1, -0.05) is 0 Å². The standard InChI is InChI=1S/C15H25N3O3/c1-3-21-15(20)13-6-4-10-18(12-13)11-7-14(19)17(2)9-5-8-16/h13H,3-7,9-12H2,1-2H3/t13-/m1/s1. The first-order valence-electron chi connectivity index (χ1n) is 7.58. The molecule has 1 saturated heterocycles. The largest absolute Gasteiger partial charge is 0.466 e. The molecule has 0 bridgehead atoms. The number of esters is 1. The monoisotopic (exact) mass is 295 g/mol. The highest BCUT2D eigenvalue weighted by Gasteiger charge is 2.27. The third kappa shape index (κ3) is 6.13. The minimum absolute atomic E-state index is 0.0449. The molecule has 0 aliphatic carbocycles. The van der Waals surface area contributed by atoms with Gasteiger partial charge in [0.05, 0.1) is 25.0 Å². The van der Waals surface area contributed by atoms with Gasteiger partial charge in [0.15, 0.2) is 0 Å². The molecule has 0 spiro atoms. The van der Waals surface area contributed by atoms with Gasteiger partial charge in [0, 0.05) is 33.1 Å². The summed E-state index contributed by atoms with van der Waals surface area (Å²) in [5, 5.41) is 8.52. The van der Waals surface area contributed by atoms with Crippen LogP contribution in [-0.2, 0) is 14.3 Å². The number of hydrogen-bond donors (Lipinski definition) is 0. The zero-order chi connectivity index (χ0) is 15.7. The van der Waals surface area contributed by atoms with E-state index in [-0.39, 0.29) is 17.8 Å². The van der Waals surface area contributed by atoms with Gasteiger partial charge in [-0.05, 0) is 26.3 Å². The number of carbonyl (C=O) groups is 2. The van der Waals surface area contributed by atoms with Crippen molar-refractivity contribution in [1.82, 2.24) is 9.80 Å². The Bertz CT molecular complexity index is 392. The van der Waals surface area contributed by atoms with Crippen molar-refractivity contribution >= 4 is 11.9 Å². The molecule has 1 rings (SSSR count). The number of nitrogens with zero attached hydrogens (tertiary/aromatic N) is 3. The summed E-state index contributed by atoms with van der Waals surface area (Å²) in [6.07, 6.45) is 2.61. The molecule has 1 amide bonds. The van der Waals surface area contributed by atoms with Gasteiger partial charge in [0.25, 0.3) is 0 Å². The Labute approximate surface area is 126 Å². The average Bonchev–Trinajstić information content (AvgIpc) is 2.50. The summed E-state index contributed by atoms with van der Waals surface area (Å²) < 4.78 is 5.07. The summed E-state index contributed by atoms with van der Waals surface area (Å²) >= 11 is 0. The molecular weight excluding hydrogens is 270 g/mol. The Morgan fingerprint density at radius 3 is 2.90 bits per heavy atom. The first kappa shape index (κ1) is 17.4. The minimum Gasteiger partial charge on any atom is -0.466 e. The molecule has 1 aliphatic heterocycles. The summed E-state index contributed by atoms with van der Waals surface area (Å²) in [5.41, 5.74) is 0. The van der Waals surface area contributed by atoms with Crippen LogP contribution in [0.5, 0.6) is 0 Å². The highest BCUT2D eigenvalue weighted by Crippen LogP contribution is 2.18. The molecule has 118 valence electrons. The Morgan fingerprint density at radius 2 is 2.24 bits per heavy atom. The summed E-state index contributed by atoms with van der Waals surface area (Å²) in [5.74, 6) is -0.145. The number of carbonyl (C=O) groups excluding carboxylic acids is 2. The number of piperidine rings is 1. The fourth-order valence-electron chi connectivity index (χ4n) is 2.50. The van der Waals surface area contributed by atoms with Crippen molar-refractivity contribution in [2.45, 2.75) is 32.6 Å². The predicted molar refractivity (Wildman–Crippen MR) is 78.3 cm³/mol. The van der Waals surface area contributed by atoms with E-state index < -0.39 is 0 Å². The molecule has 0 aromatic carbocycles. The maximum Gasteiger partial charge on any atom is 0.310 e. The van der Waals surface area contributed by atoms with Crippen LogP contribution in [0, 0.1) is 17.2 Å². The number of hydrogen-bond acceptors (Lipinski definition) is 5. The third-order valence-electron chi connectivity index (χ3n) is 3.75. The number of amides is 1. The second-order valence-corrected chi connectivity index (χ2v) is 5.37. The topological polar surface area (TPSA) is 73.6 Å². The van der Waals surface area contributed by atoms with Gasteiger partial charge >= 0.3 is 5.97 Å². The molecule has 0 unspecified atom stereocenters. The second kappa shape index (κ2) is 9.35. The molecule has 0 radical (unpaired) electrons. The van der Waals surface area contributed by atoms with Crippen LogP contribution in [0.2, 0.25) is 0 Å². The van der Waals surface area contributed by atoms with Crippen molar-refractivity contribution in [3.63, 3.8) is 0 Å². The van der Waals surface area contributed by atoms with Crippen LogP contribution in [0.4, 0.5) is 0 Å². The molecular formula is C15H25N3O3. The quantitative estimate of drug-likeness (QED) is 0.656. The molecule has 6 heteroatoms. The highest BCUT2D eigenvalue weighted by molar-refractivity contribution is 5.76. The first-order chi connectivity index (χ1) is 10.1. The fourth-order valence-corrected chi connectivity index (χ4v) is 2.50. The molecule has 1 fully saturated rings. The van der Waals surface area contributed by atoms with Crippen LogP contribution in [-0.4, -0.2) is 61.5 Å². The number of likely N-dealkylation sites (tertiary alicyclic amines) is 1. The molecule has 6 nitrogen and oxygen atoms in total. The lowest BCUT2D eigenvalue weighted by Gasteiger charge is -2.31. The Kier molecular flexibility index (Phi) is 7.76.